The SMILES string of the molecule is CCCCN(CC(N)=O)c1ncnc(NCC)c1OC. The number of hydrogen-bond donors (Lipinski definition) is 2. The highest BCUT2D eigenvalue weighted by atomic mass is 16.5. The summed E-state index contributed by atoms with van der Waals surface area (Å²) in [6.07, 6.45) is 3.41. The number of nitrogens with zero attached hydrogens (tertiary/aromatic N) is 3. The van der Waals surface area contributed by atoms with Crippen LogP contribution >= 0.6 is 0 Å². The molecule has 0 aliphatic heterocycles. The summed E-state index contributed by atoms with van der Waals surface area (Å²) < 4.78 is 5.39. The van der Waals surface area contributed by atoms with Crippen molar-refractivity contribution in [3.8, 4) is 5.75 Å². The van der Waals surface area contributed by atoms with Gasteiger partial charge in [0.15, 0.2) is 11.6 Å². The number of carbonyl (C=O) groups is 1. The lowest BCUT2D eigenvalue weighted by molar-refractivity contribution is -0.116. The number of hydrogen-bond acceptors (Lipinski definition) is 6. The fourth-order valence-electron chi connectivity index (χ4n) is 1.87. The van der Waals surface area contributed by atoms with E-state index in [9.17, 15) is 4.79 Å². The van der Waals surface area contributed by atoms with Crippen molar-refractivity contribution in [3.63, 3.8) is 0 Å². The third kappa shape index (κ3) is 4.25. The molecule has 20 heavy (non-hydrogen) atoms. The van der Waals surface area contributed by atoms with Crippen molar-refractivity contribution in [3.05, 3.63) is 6.33 Å². The monoisotopic (exact) mass is 281 g/mol. The Morgan fingerprint density at radius 3 is 2.75 bits per heavy atom. The van der Waals surface area contributed by atoms with Gasteiger partial charge < -0.3 is 20.7 Å². The third-order valence-electron chi connectivity index (χ3n) is 2.76. The van der Waals surface area contributed by atoms with E-state index in [1.807, 2.05) is 11.8 Å². The molecule has 1 aromatic heterocycles. The quantitative estimate of drug-likeness (QED) is 0.701. The molecule has 1 heterocycles. The zero-order valence-electron chi connectivity index (χ0n) is 12.3. The highest BCUT2D eigenvalue weighted by molar-refractivity contribution is 5.80. The molecule has 0 bridgehead atoms. The number of amides is 1. The Balaban J connectivity index is 3.09. The molecule has 0 spiro atoms. The van der Waals surface area contributed by atoms with Crippen LogP contribution < -0.4 is 20.7 Å². The summed E-state index contributed by atoms with van der Waals surface area (Å²) in [5, 5.41) is 3.11. The zero-order chi connectivity index (χ0) is 15.0. The fraction of sp³-hybridized carbons (Fsp3) is 0.615. The number of aromatic nitrogens is 2. The van der Waals surface area contributed by atoms with E-state index >= 15 is 0 Å². The molecule has 0 saturated heterocycles. The van der Waals surface area contributed by atoms with Crippen LogP contribution in [0.1, 0.15) is 26.7 Å². The van der Waals surface area contributed by atoms with Crippen molar-refractivity contribution >= 4 is 17.5 Å². The van der Waals surface area contributed by atoms with Crippen LogP contribution in [0.3, 0.4) is 0 Å². The van der Waals surface area contributed by atoms with Gasteiger partial charge in [-0.3, -0.25) is 4.79 Å². The average molecular weight is 281 g/mol. The summed E-state index contributed by atoms with van der Waals surface area (Å²) in [7, 11) is 1.56. The second-order valence-corrected chi connectivity index (χ2v) is 4.35. The van der Waals surface area contributed by atoms with Gasteiger partial charge in [0, 0.05) is 13.1 Å². The molecule has 3 N–H and O–H groups in total. The topological polar surface area (TPSA) is 93.4 Å². The number of carbonyl (C=O) groups excluding carboxylic acids is 1. The normalized spacial score (nSPS) is 10.2. The van der Waals surface area contributed by atoms with Gasteiger partial charge in [-0.2, -0.15) is 0 Å². The molecule has 1 aromatic rings. The van der Waals surface area contributed by atoms with Gasteiger partial charge in [-0.15, -0.1) is 0 Å². The van der Waals surface area contributed by atoms with Gasteiger partial charge in [-0.1, -0.05) is 13.3 Å². The summed E-state index contributed by atoms with van der Waals surface area (Å²) in [6.45, 7) is 5.58. The van der Waals surface area contributed by atoms with Gasteiger partial charge in [0.2, 0.25) is 11.7 Å². The molecular formula is C13H23N5O2. The number of methoxy groups -OCH3 is 1. The van der Waals surface area contributed by atoms with Crippen LogP contribution in [0.15, 0.2) is 6.33 Å². The van der Waals surface area contributed by atoms with Crippen LogP contribution in [-0.4, -0.2) is 42.6 Å². The minimum Gasteiger partial charge on any atom is -0.490 e. The molecule has 0 atom stereocenters. The number of rotatable bonds is 9. The Morgan fingerprint density at radius 1 is 1.45 bits per heavy atom. The van der Waals surface area contributed by atoms with Gasteiger partial charge in [0.1, 0.15) is 6.33 Å². The lowest BCUT2D eigenvalue weighted by Gasteiger charge is -2.24. The van der Waals surface area contributed by atoms with E-state index < -0.39 is 5.91 Å². The van der Waals surface area contributed by atoms with E-state index in [1.54, 1.807) is 7.11 Å². The minimum absolute atomic E-state index is 0.110. The number of anilines is 2. The largest absolute Gasteiger partial charge is 0.490 e. The van der Waals surface area contributed by atoms with Crippen molar-refractivity contribution in [2.45, 2.75) is 26.7 Å². The van der Waals surface area contributed by atoms with E-state index in [-0.39, 0.29) is 6.54 Å². The molecule has 0 aliphatic carbocycles. The first-order chi connectivity index (χ1) is 9.63. The Bertz CT molecular complexity index is 439. The summed E-state index contributed by atoms with van der Waals surface area (Å²) in [5.74, 6) is 1.34. The van der Waals surface area contributed by atoms with Gasteiger partial charge in [0.25, 0.3) is 0 Å². The number of unbranched alkanes of at least 4 members (excludes halogenated alkanes) is 1. The van der Waals surface area contributed by atoms with E-state index in [4.69, 9.17) is 10.5 Å². The van der Waals surface area contributed by atoms with Crippen LogP contribution in [0.4, 0.5) is 11.6 Å². The van der Waals surface area contributed by atoms with Gasteiger partial charge in [-0.25, -0.2) is 9.97 Å². The number of ether oxygens (including phenoxy) is 1. The second-order valence-electron chi connectivity index (χ2n) is 4.35. The molecule has 0 unspecified atom stereocenters. The first-order valence-electron chi connectivity index (χ1n) is 6.80. The molecule has 1 amide bonds. The van der Waals surface area contributed by atoms with Crippen molar-refractivity contribution in [2.24, 2.45) is 5.73 Å². The predicted molar refractivity (Wildman–Crippen MR) is 79.1 cm³/mol. The first kappa shape index (κ1) is 16.0. The molecule has 7 heteroatoms. The molecule has 0 radical (unpaired) electrons. The highest BCUT2D eigenvalue weighted by Crippen LogP contribution is 2.31. The van der Waals surface area contributed by atoms with Crippen LogP contribution in [0.25, 0.3) is 0 Å². The van der Waals surface area contributed by atoms with Crippen molar-refractivity contribution in [1.29, 1.82) is 0 Å². The molecule has 0 aromatic carbocycles. The molecule has 0 aliphatic rings. The standard InChI is InChI=1S/C13H23N5O2/c1-4-6-7-18(8-10(14)19)13-11(20-3)12(15-5-2)16-9-17-13/h9H,4-8H2,1-3H3,(H2,14,19)(H,15,16,17). The summed E-state index contributed by atoms with van der Waals surface area (Å²) in [4.78, 5) is 21.5. The summed E-state index contributed by atoms with van der Waals surface area (Å²) in [5.41, 5.74) is 5.31. The fourth-order valence-corrected chi connectivity index (χ4v) is 1.87. The maximum Gasteiger partial charge on any atom is 0.237 e. The first-order valence-corrected chi connectivity index (χ1v) is 6.80. The Kier molecular flexibility index (Phi) is 6.55. The van der Waals surface area contributed by atoms with E-state index in [0.717, 1.165) is 19.4 Å². The average Bonchev–Trinajstić information content (AvgIpc) is 2.43. The number of primary amides is 1. The Hall–Kier alpha value is -2.05. The Labute approximate surface area is 119 Å². The molecular weight excluding hydrogens is 258 g/mol. The lowest BCUT2D eigenvalue weighted by atomic mass is 10.3. The van der Waals surface area contributed by atoms with Gasteiger partial charge in [-0.05, 0) is 13.3 Å². The smallest absolute Gasteiger partial charge is 0.237 e. The van der Waals surface area contributed by atoms with Crippen molar-refractivity contribution < 1.29 is 9.53 Å². The van der Waals surface area contributed by atoms with Gasteiger partial charge in [0.05, 0.1) is 13.7 Å². The molecule has 1 rings (SSSR count). The lowest BCUT2D eigenvalue weighted by Crippen LogP contribution is -2.35. The summed E-state index contributed by atoms with van der Waals surface area (Å²) >= 11 is 0. The molecule has 7 nitrogen and oxygen atoms in total. The van der Waals surface area contributed by atoms with Crippen molar-refractivity contribution in [2.75, 3.05) is 37.0 Å². The minimum atomic E-state index is -0.397. The van der Waals surface area contributed by atoms with Crippen LogP contribution in [0.2, 0.25) is 0 Å². The van der Waals surface area contributed by atoms with Crippen molar-refractivity contribution in [1.82, 2.24) is 9.97 Å². The maximum absolute atomic E-state index is 11.2. The Morgan fingerprint density at radius 2 is 2.20 bits per heavy atom. The van der Waals surface area contributed by atoms with E-state index in [2.05, 4.69) is 22.2 Å². The highest BCUT2D eigenvalue weighted by Gasteiger charge is 2.19. The van der Waals surface area contributed by atoms with Gasteiger partial charge >= 0.3 is 0 Å². The van der Waals surface area contributed by atoms with E-state index in [1.165, 1.54) is 6.33 Å². The van der Waals surface area contributed by atoms with Crippen LogP contribution in [-0.2, 0) is 4.79 Å². The second kappa shape index (κ2) is 8.19. The molecule has 0 fully saturated rings. The predicted octanol–water partition coefficient (Wildman–Crippen LogP) is 1.01. The summed E-state index contributed by atoms with van der Waals surface area (Å²) in [6, 6.07) is 0. The molecule has 0 saturated carbocycles. The van der Waals surface area contributed by atoms with Crippen LogP contribution in [0, 0.1) is 0 Å². The maximum atomic E-state index is 11.2. The molecule has 112 valence electrons. The van der Waals surface area contributed by atoms with E-state index in [0.29, 0.717) is 23.9 Å². The third-order valence-corrected chi connectivity index (χ3v) is 2.76. The number of nitrogens with two attached hydrogens (primary N) is 1. The van der Waals surface area contributed by atoms with Crippen LogP contribution in [0.5, 0.6) is 5.75 Å². The zero-order valence-corrected chi connectivity index (χ0v) is 12.3. The number of nitrogens with one attached hydrogen (secondary N) is 1.